The van der Waals surface area contributed by atoms with Crippen LogP contribution in [0.25, 0.3) is 11.1 Å². The van der Waals surface area contributed by atoms with Crippen molar-refractivity contribution in [2.75, 3.05) is 6.54 Å². The molecule has 4 rings (SSSR count). The van der Waals surface area contributed by atoms with Gasteiger partial charge in [0.25, 0.3) is 0 Å². The molecule has 2 aromatic carbocycles. The molecule has 2 aliphatic rings. The Labute approximate surface area is 198 Å². The molecule has 33 heavy (non-hydrogen) atoms. The molecule has 0 N–H and O–H groups in total. The van der Waals surface area contributed by atoms with Gasteiger partial charge in [-0.25, -0.2) is 0 Å². The maximum atomic E-state index is 12.3. The smallest absolute Gasteiger partial charge is 0.229 e. The molecule has 0 radical (unpaired) electrons. The van der Waals surface area contributed by atoms with E-state index >= 15 is 0 Å². The first-order valence-corrected chi connectivity index (χ1v) is 12.6. The van der Waals surface area contributed by atoms with Gasteiger partial charge in [-0.2, -0.15) is 0 Å². The third kappa shape index (κ3) is 4.88. The van der Waals surface area contributed by atoms with Gasteiger partial charge in [-0.15, -0.1) is 0 Å². The Bertz CT molecular complexity index is 1050. The summed E-state index contributed by atoms with van der Waals surface area (Å²) in [5, 5.41) is 0. The molecule has 0 saturated carbocycles. The summed E-state index contributed by atoms with van der Waals surface area (Å²) >= 11 is 0. The summed E-state index contributed by atoms with van der Waals surface area (Å²) in [6, 6.07) is 19.5. The van der Waals surface area contributed by atoms with Crippen molar-refractivity contribution in [1.29, 1.82) is 0 Å². The van der Waals surface area contributed by atoms with Crippen molar-refractivity contribution in [3.05, 3.63) is 82.9 Å². The lowest BCUT2D eigenvalue weighted by Gasteiger charge is -2.23. The van der Waals surface area contributed by atoms with Gasteiger partial charge in [0.15, 0.2) is 0 Å². The molecule has 0 spiro atoms. The summed E-state index contributed by atoms with van der Waals surface area (Å²) in [6.45, 7) is 4.86. The second-order valence-electron chi connectivity index (χ2n) is 9.16. The number of benzene rings is 2. The van der Waals surface area contributed by atoms with E-state index in [1.54, 1.807) is 0 Å². The summed E-state index contributed by atoms with van der Waals surface area (Å²) < 4.78 is 0. The zero-order valence-electron chi connectivity index (χ0n) is 20.0. The van der Waals surface area contributed by atoms with Crippen molar-refractivity contribution in [3.8, 4) is 0 Å². The van der Waals surface area contributed by atoms with Crippen LogP contribution in [0.5, 0.6) is 0 Å². The number of rotatable bonds is 10. The van der Waals surface area contributed by atoms with Crippen LogP contribution in [-0.4, -0.2) is 23.3 Å². The molecular weight excluding hydrogens is 406 g/mol. The third-order valence-corrected chi connectivity index (χ3v) is 6.97. The number of amides is 2. The van der Waals surface area contributed by atoms with Crippen molar-refractivity contribution in [2.24, 2.45) is 0 Å². The number of imide groups is 1. The van der Waals surface area contributed by atoms with Gasteiger partial charge < -0.3 is 0 Å². The number of hydrogen-bond acceptors (Lipinski definition) is 2. The van der Waals surface area contributed by atoms with Crippen molar-refractivity contribution in [1.82, 2.24) is 4.90 Å². The highest BCUT2D eigenvalue weighted by molar-refractivity contribution is 6.04. The molecule has 1 aliphatic carbocycles. The van der Waals surface area contributed by atoms with Gasteiger partial charge in [-0.05, 0) is 52.7 Å². The first kappa shape index (κ1) is 23.2. The largest absolute Gasteiger partial charge is 0.279 e. The quantitative estimate of drug-likeness (QED) is 0.367. The van der Waals surface area contributed by atoms with E-state index < -0.39 is 0 Å². The zero-order valence-corrected chi connectivity index (χ0v) is 20.0. The molecule has 2 aromatic rings. The van der Waals surface area contributed by atoms with Gasteiger partial charge in [-0.1, -0.05) is 93.8 Å². The molecule has 2 amide bonds. The molecule has 0 bridgehead atoms. The number of allylic oxidation sites excluding steroid dienone is 3. The SMILES string of the molecule is CCCCC1=C([C@H](CCCC)c2ccccc2)/C(=C/CN2C(=O)CCC2=O)c2ccccc21. The maximum absolute atomic E-state index is 12.3. The normalized spacial score (nSPS) is 17.9. The number of likely N-dealkylation sites (tertiary alicyclic amines) is 1. The number of carbonyl (C=O) groups is 2. The Balaban J connectivity index is 1.84. The van der Waals surface area contributed by atoms with Crippen LogP contribution in [-0.2, 0) is 9.59 Å². The van der Waals surface area contributed by atoms with Crippen LogP contribution in [0.1, 0.15) is 87.8 Å². The summed E-state index contributed by atoms with van der Waals surface area (Å²) in [6.07, 6.45) is 9.60. The van der Waals surface area contributed by atoms with Crippen molar-refractivity contribution in [3.63, 3.8) is 0 Å². The Morgan fingerprint density at radius 2 is 1.48 bits per heavy atom. The highest BCUT2D eigenvalue weighted by atomic mass is 16.2. The van der Waals surface area contributed by atoms with E-state index in [1.807, 2.05) is 0 Å². The Kier molecular flexibility index (Phi) is 7.59. The molecule has 0 aromatic heterocycles. The summed E-state index contributed by atoms with van der Waals surface area (Å²) in [5.74, 6) is 0.206. The van der Waals surface area contributed by atoms with E-state index in [0.29, 0.717) is 25.3 Å². The number of carbonyl (C=O) groups excluding carboxylic acids is 2. The third-order valence-electron chi connectivity index (χ3n) is 6.97. The zero-order chi connectivity index (χ0) is 23.2. The van der Waals surface area contributed by atoms with E-state index in [0.717, 1.165) is 38.5 Å². The highest BCUT2D eigenvalue weighted by Crippen LogP contribution is 2.50. The Hall–Kier alpha value is -2.94. The van der Waals surface area contributed by atoms with Gasteiger partial charge in [0.05, 0.1) is 0 Å². The van der Waals surface area contributed by atoms with Crippen LogP contribution in [0.4, 0.5) is 0 Å². The van der Waals surface area contributed by atoms with Crippen LogP contribution >= 0.6 is 0 Å². The first-order chi connectivity index (χ1) is 16.2. The van der Waals surface area contributed by atoms with Gasteiger partial charge in [-0.3, -0.25) is 14.5 Å². The minimum atomic E-state index is -0.0505. The van der Waals surface area contributed by atoms with E-state index in [2.05, 4.69) is 74.5 Å². The lowest BCUT2D eigenvalue weighted by atomic mass is 9.81. The average Bonchev–Trinajstić information content (AvgIpc) is 3.33. The van der Waals surface area contributed by atoms with Crippen LogP contribution in [0.2, 0.25) is 0 Å². The molecule has 1 aliphatic heterocycles. The highest BCUT2D eigenvalue weighted by Gasteiger charge is 2.33. The van der Waals surface area contributed by atoms with Gasteiger partial charge in [0.1, 0.15) is 0 Å². The predicted octanol–water partition coefficient (Wildman–Crippen LogP) is 7.15. The lowest BCUT2D eigenvalue weighted by molar-refractivity contribution is -0.137. The molecular formula is C30H35NO2. The Morgan fingerprint density at radius 3 is 2.15 bits per heavy atom. The number of hydrogen-bond donors (Lipinski definition) is 0. The molecule has 172 valence electrons. The number of unbranched alkanes of at least 4 members (excludes halogenated alkanes) is 2. The second-order valence-corrected chi connectivity index (χ2v) is 9.16. The molecule has 1 atom stereocenters. The fourth-order valence-corrected chi connectivity index (χ4v) is 5.26. The van der Waals surface area contributed by atoms with Crippen molar-refractivity contribution < 1.29 is 9.59 Å². The molecule has 3 heteroatoms. The molecule has 1 heterocycles. The minimum absolute atomic E-state index is 0.0505. The fraction of sp³-hybridized carbons (Fsp3) is 0.400. The van der Waals surface area contributed by atoms with Gasteiger partial charge >= 0.3 is 0 Å². The molecule has 3 nitrogen and oxygen atoms in total. The van der Waals surface area contributed by atoms with Crippen LogP contribution in [0, 0.1) is 0 Å². The van der Waals surface area contributed by atoms with Gasteiger partial charge in [0.2, 0.25) is 11.8 Å². The fourth-order valence-electron chi connectivity index (χ4n) is 5.26. The van der Waals surface area contributed by atoms with E-state index in [1.165, 1.54) is 38.3 Å². The number of nitrogens with zero attached hydrogens (tertiary/aromatic N) is 1. The second kappa shape index (κ2) is 10.8. The van der Waals surface area contributed by atoms with Crippen LogP contribution < -0.4 is 0 Å². The van der Waals surface area contributed by atoms with Crippen LogP contribution in [0.3, 0.4) is 0 Å². The van der Waals surface area contributed by atoms with E-state index in [4.69, 9.17) is 0 Å². The monoisotopic (exact) mass is 441 g/mol. The van der Waals surface area contributed by atoms with Crippen LogP contribution in [0.15, 0.2) is 66.2 Å². The average molecular weight is 442 g/mol. The molecule has 1 fully saturated rings. The van der Waals surface area contributed by atoms with E-state index in [9.17, 15) is 9.59 Å². The summed E-state index contributed by atoms with van der Waals surface area (Å²) in [5.41, 5.74) is 7.99. The van der Waals surface area contributed by atoms with Crippen molar-refractivity contribution in [2.45, 2.75) is 71.1 Å². The van der Waals surface area contributed by atoms with Gasteiger partial charge in [0, 0.05) is 25.3 Å². The molecule has 1 saturated heterocycles. The maximum Gasteiger partial charge on any atom is 0.229 e. The Morgan fingerprint density at radius 1 is 0.848 bits per heavy atom. The first-order valence-electron chi connectivity index (χ1n) is 12.6. The van der Waals surface area contributed by atoms with E-state index in [-0.39, 0.29) is 11.8 Å². The summed E-state index contributed by atoms with van der Waals surface area (Å²) in [4.78, 5) is 26.0. The van der Waals surface area contributed by atoms with Crippen molar-refractivity contribution >= 4 is 23.0 Å². The molecule has 0 unspecified atom stereocenters. The predicted molar refractivity (Wildman–Crippen MR) is 136 cm³/mol. The lowest BCUT2D eigenvalue weighted by Crippen LogP contribution is -2.29. The standard InChI is InChI=1S/C30H35NO2/c1-3-5-14-23(22-12-8-7-9-13-22)30-26(15-6-4-2)24-16-10-11-17-25(24)27(30)20-21-31-28(32)18-19-29(31)33/h7-13,16-17,20,23H,3-6,14-15,18-19,21H2,1-2H3/b27-20+/t23-/m1/s1. The summed E-state index contributed by atoms with van der Waals surface area (Å²) in [7, 11) is 0. The minimum Gasteiger partial charge on any atom is -0.279 e. The number of fused-ring (bicyclic) bond motifs is 1. The topological polar surface area (TPSA) is 37.4 Å².